The Kier molecular flexibility index (Phi) is 5.33. The zero-order valence-electron chi connectivity index (χ0n) is 30.2. The fourth-order valence-corrected chi connectivity index (χ4v) is 14.1. The molecule has 0 saturated heterocycles. The number of rotatable bonds is 1. The molecule has 4 atom stereocenters. The van der Waals surface area contributed by atoms with E-state index in [1.165, 1.54) is 114 Å². The van der Waals surface area contributed by atoms with Crippen molar-refractivity contribution in [2.75, 3.05) is 4.90 Å². The molecule has 0 fully saturated rings. The van der Waals surface area contributed by atoms with Crippen molar-refractivity contribution >= 4 is 122 Å². The third kappa shape index (κ3) is 3.38. The predicted octanol–water partition coefficient (Wildman–Crippen LogP) is 10.8. The Morgan fingerprint density at radius 2 is 1.59 bits per heavy atom. The first kappa shape index (κ1) is 29.5. The first-order chi connectivity index (χ1) is 27.8. The standard InChI is InChI=1S/C50H31BN2OS2/c1-2-16-41-31(11-1)34(23-54-41)30-21-39-46-40(22-30)53-38-15-6-10-27-8-4-13-33(43(27)38)50-45-29(25-56-50)18-20-36(48(45)53)51(46)35-19-17-28-24-55-49-32-12-3-7-26-9-5-14-37(42(26)32)52(39)47(35)44(28)49/h1-9,11-15,17-25,27,38,41,43H,10,16H2. The lowest BCUT2D eigenvalue weighted by Crippen LogP contribution is -2.62. The maximum absolute atomic E-state index is 6.45. The zero-order valence-corrected chi connectivity index (χ0v) is 31.8. The molecule has 3 nitrogen and oxygen atoms in total. The van der Waals surface area contributed by atoms with Crippen molar-refractivity contribution < 1.29 is 4.74 Å². The molecule has 0 N–H and O–H groups in total. The van der Waals surface area contributed by atoms with Crippen molar-refractivity contribution in [1.29, 1.82) is 0 Å². The van der Waals surface area contributed by atoms with Crippen LogP contribution in [0.25, 0.3) is 70.3 Å². The van der Waals surface area contributed by atoms with Crippen LogP contribution in [0.3, 0.4) is 0 Å². The normalized spacial score (nSPS) is 23.0. The van der Waals surface area contributed by atoms with E-state index >= 15 is 0 Å². The molecule has 15 rings (SSSR count). The molecule has 4 aliphatic heterocycles. The number of allylic oxidation sites excluding steroid dienone is 6. The topological polar surface area (TPSA) is 17.4 Å². The number of hydrogen-bond donors (Lipinski definition) is 0. The molecule has 0 bridgehead atoms. The number of hydrogen-bond acceptors (Lipinski definition) is 4. The number of anilines is 2. The average Bonchev–Trinajstić information content (AvgIpc) is 3.96. The minimum absolute atomic E-state index is 0.0679. The molecule has 7 aliphatic rings. The molecule has 0 radical (unpaired) electrons. The second kappa shape index (κ2) is 10.1. The number of ether oxygens (including phenoxy) is 1. The molecule has 6 heteroatoms. The van der Waals surface area contributed by atoms with Crippen LogP contribution >= 0.6 is 22.7 Å². The number of aromatic nitrogens is 1. The van der Waals surface area contributed by atoms with E-state index < -0.39 is 0 Å². The summed E-state index contributed by atoms with van der Waals surface area (Å²) >= 11 is 3.85. The SMILES string of the molecule is C1=CCC2OC=C(c3cc4c5c(c3)-n3c6cccc7cccc(c8scc9ccc(c3c98)B5c3ccc5csc8c5c3N4C3C=CCC4C=CC=C8C43)c76)C2=C1. The highest BCUT2D eigenvalue weighted by Gasteiger charge is 2.49. The largest absolute Gasteiger partial charge is 0.492 e. The predicted molar refractivity (Wildman–Crippen MR) is 239 cm³/mol. The summed E-state index contributed by atoms with van der Waals surface area (Å²) < 4.78 is 10.5. The summed E-state index contributed by atoms with van der Waals surface area (Å²) in [5.74, 6) is 0.837. The molecule has 8 aromatic rings. The van der Waals surface area contributed by atoms with Crippen molar-refractivity contribution in [1.82, 2.24) is 4.57 Å². The van der Waals surface area contributed by atoms with Crippen LogP contribution in [0.2, 0.25) is 0 Å². The van der Waals surface area contributed by atoms with E-state index in [0.717, 1.165) is 12.8 Å². The van der Waals surface area contributed by atoms with E-state index in [1.807, 2.05) is 22.7 Å². The van der Waals surface area contributed by atoms with Gasteiger partial charge >= 0.3 is 0 Å². The minimum atomic E-state index is 0.0679. The fraction of sp³-hybridized carbons (Fsp3) is 0.120. The minimum Gasteiger partial charge on any atom is -0.492 e. The molecule has 7 heterocycles. The van der Waals surface area contributed by atoms with Crippen molar-refractivity contribution in [2.45, 2.75) is 25.0 Å². The molecule has 262 valence electrons. The second-order valence-corrected chi connectivity index (χ2v) is 18.4. The lowest BCUT2D eigenvalue weighted by Gasteiger charge is -2.47. The van der Waals surface area contributed by atoms with Crippen molar-refractivity contribution in [3.05, 3.63) is 154 Å². The van der Waals surface area contributed by atoms with Crippen LogP contribution in [0.4, 0.5) is 11.4 Å². The van der Waals surface area contributed by atoms with Crippen LogP contribution in [-0.2, 0) is 4.74 Å². The molecule has 3 aromatic heterocycles. The monoisotopic (exact) mass is 750 g/mol. The van der Waals surface area contributed by atoms with E-state index in [0.29, 0.717) is 11.8 Å². The first-order valence-electron chi connectivity index (χ1n) is 20.0. The Balaban J connectivity index is 1.17. The van der Waals surface area contributed by atoms with Gasteiger partial charge in [0.1, 0.15) is 6.10 Å². The highest BCUT2D eigenvalue weighted by atomic mass is 32.1. The molecular weight excluding hydrogens is 720 g/mol. The third-order valence-electron chi connectivity index (χ3n) is 14.1. The van der Waals surface area contributed by atoms with E-state index in [4.69, 9.17) is 4.74 Å². The molecule has 5 aromatic carbocycles. The quantitative estimate of drug-likeness (QED) is 0.123. The van der Waals surface area contributed by atoms with Crippen LogP contribution in [0, 0.1) is 11.8 Å². The van der Waals surface area contributed by atoms with Crippen LogP contribution in [0.1, 0.15) is 23.3 Å². The molecule has 0 amide bonds. The lowest BCUT2D eigenvalue weighted by molar-refractivity contribution is 0.198. The smallest absolute Gasteiger partial charge is 0.252 e. The number of fused-ring (bicyclic) bond motifs is 9. The van der Waals surface area contributed by atoms with Gasteiger partial charge < -0.3 is 14.2 Å². The summed E-state index contributed by atoms with van der Waals surface area (Å²) in [6, 6.07) is 28.9. The van der Waals surface area contributed by atoms with E-state index in [2.05, 4.69) is 148 Å². The van der Waals surface area contributed by atoms with Crippen LogP contribution in [0.5, 0.6) is 0 Å². The fourth-order valence-electron chi connectivity index (χ4n) is 11.9. The van der Waals surface area contributed by atoms with Gasteiger partial charge in [0, 0.05) is 71.7 Å². The average molecular weight is 751 g/mol. The molecule has 0 spiro atoms. The van der Waals surface area contributed by atoms with E-state index in [9.17, 15) is 0 Å². The van der Waals surface area contributed by atoms with Gasteiger partial charge in [0.05, 0.1) is 23.3 Å². The first-order valence-corrected chi connectivity index (χ1v) is 21.7. The van der Waals surface area contributed by atoms with Crippen molar-refractivity contribution in [2.24, 2.45) is 11.8 Å². The number of benzene rings is 5. The Labute approximate surface area is 331 Å². The Bertz CT molecular complexity index is 3390. The van der Waals surface area contributed by atoms with Gasteiger partial charge in [-0.1, -0.05) is 103 Å². The van der Waals surface area contributed by atoms with Gasteiger partial charge in [0.25, 0.3) is 6.71 Å². The number of nitrogens with zero attached hydrogens (tertiary/aromatic N) is 2. The van der Waals surface area contributed by atoms with Gasteiger partial charge in [-0.15, -0.1) is 22.7 Å². The van der Waals surface area contributed by atoms with Crippen molar-refractivity contribution in [3.63, 3.8) is 0 Å². The van der Waals surface area contributed by atoms with Gasteiger partial charge in [-0.3, -0.25) is 0 Å². The van der Waals surface area contributed by atoms with Gasteiger partial charge in [-0.25, -0.2) is 0 Å². The van der Waals surface area contributed by atoms with E-state index in [-0.39, 0.29) is 18.9 Å². The third-order valence-corrected chi connectivity index (χ3v) is 16.2. The molecule has 56 heavy (non-hydrogen) atoms. The molecule has 3 aliphatic carbocycles. The maximum atomic E-state index is 6.45. The summed E-state index contributed by atoms with van der Waals surface area (Å²) in [5.41, 5.74) is 16.1. The second-order valence-electron chi connectivity index (χ2n) is 16.6. The van der Waals surface area contributed by atoms with Gasteiger partial charge in [-0.05, 0) is 85.0 Å². The summed E-state index contributed by atoms with van der Waals surface area (Å²) in [6.07, 6.45) is 23.1. The molecule has 4 unspecified atom stereocenters. The Morgan fingerprint density at radius 3 is 2.55 bits per heavy atom. The van der Waals surface area contributed by atoms with Crippen molar-refractivity contribution in [3.8, 4) is 5.69 Å². The summed E-state index contributed by atoms with van der Waals surface area (Å²) in [4.78, 5) is 4.27. The van der Waals surface area contributed by atoms with Crippen LogP contribution in [-0.4, -0.2) is 23.4 Å². The Hall–Kier alpha value is -5.82. The highest BCUT2D eigenvalue weighted by molar-refractivity contribution is 7.19. The highest BCUT2D eigenvalue weighted by Crippen LogP contribution is 2.55. The van der Waals surface area contributed by atoms with Gasteiger partial charge in [-0.2, -0.15) is 0 Å². The van der Waals surface area contributed by atoms with E-state index in [1.54, 1.807) is 0 Å². The summed E-state index contributed by atoms with van der Waals surface area (Å²) in [6.45, 7) is 0.0789. The van der Waals surface area contributed by atoms with Gasteiger partial charge in [0.2, 0.25) is 0 Å². The maximum Gasteiger partial charge on any atom is 0.252 e. The van der Waals surface area contributed by atoms with Gasteiger partial charge in [0.15, 0.2) is 0 Å². The number of thiophene rings is 2. The zero-order chi connectivity index (χ0) is 36.0. The Morgan fingerprint density at radius 1 is 0.732 bits per heavy atom. The van der Waals surface area contributed by atoms with Crippen LogP contribution < -0.4 is 21.3 Å². The summed E-state index contributed by atoms with van der Waals surface area (Å²) in [5, 5.41) is 14.2. The summed E-state index contributed by atoms with van der Waals surface area (Å²) in [7, 11) is 0. The lowest BCUT2D eigenvalue weighted by atomic mass is 9.33. The van der Waals surface area contributed by atoms with Crippen LogP contribution in [0.15, 0.2) is 144 Å². The molecule has 0 saturated carbocycles. The molecular formula is C50H31BN2OS2.